The highest BCUT2D eigenvalue weighted by Gasteiger charge is 2.58. The second-order valence-electron chi connectivity index (χ2n) is 5.48. The van der Waals surface area contributed by atoms with E-state index >= 15 is 0 Å². The zero-order valence-electron chi connectivity index (χ0n) is 13.4. The molecule has 1 aromatic rings. The first-order chi connectivity index (χ1) is 11.7. The summed E-state index contributed by atoms with van der Waals surface area (Å²) in [7, 11) is 0. The highest BCUT2D eigenvalue weighted by molar-refractivity contribution is 6.22. The van der Waals surface area contributed by atoms with Gasteiger partial charge < -0.3 is 14.2 Å². The number of nitrogens with zero attached hydrogens (tertiary/aromatic N) is 1. The van der Waals surface area contributed by atoms with Gasteiger partial charge in [0.2, 0.25) is 0 Å². The van der Waals surface area contributed by atoms with Crippen molar-refractivity contribution in [3.8, 4) is 0 Å². The zero-order valence-corrected chi connectivity index (χ0v) is 14.9. The zero-order chi connectivity index (χ0) is 18.8. The first-order valence-corrected chi connectivity index (χ1v) is 8.17. The van der Waals surface area contributed by atoms with Gasteiger partial charge in [0.1, 0.15) is 12.0 Å². The van der Waals surface area contributed by atoms with Crippen LogP contribution >= 0.6 is 23.2 Å². The molecule has 0 amide bonds. The first-order valence-electron chi connectivity index (χ1n) is 7.20. The van der Waals surface area contributed by atoms with Crippen LogP contribution in [-0.4, -0.2) is 51.1 Å². The molecule has 1 aromatic heterocycles. The minimum Gasteiger partial charge on any atom is -0.463 e. The van der Waals surface area contributed by atoms with Crippen molar-refractivity contribution in [2.45, 2.75) is 37.2 Å². The van der Waals surface area contributed by atoms with Gasteiger partial charge in [0.05, 0.1) is 5.88 Å². The lowest BCUT2D eigenvalue weighted by atomic mass is 9.99. The van der Waals surface area contributed by atoms with Gasteiger partial charge in [0.25, 0.3) is 5.56 Å². The normalized spacial score (nSPS) is 28.6. The van der Waals surface area contributed by atoms with E-state index in [4.69, 9.17) is 37.4 Å². The van der Waals surface area contributed by atoms with Crippen molar-refractivity contribution >= 4 is 35.1 Å². The Morgan fingerprint density at radius 3 is 2.56 bits per heavy atom. The predicted octanol–water partition coefficient (Wildman–Crippen LogP) is 0.145. The maximum absolute atomic E-state index is 12.0. The average Bonchev–Trinajstić information content (AvgIpc) is 2.79. The minimum absolute atomic E-state index is 0.226. The monoisotopic (exact) mass is 394 g/mol. The number of aromatic nitrogens is 2. The van der Waals surface area contributed by atoms with Gasteiger partial charge in [0.15, 0.2) is 17.9 Å². The van der Waals surface area contributed by atoms with Gasteiger partial charge in [-0.25, -0.2) is 4.79 Å². The van der Waals surface area contributed by atoms with Crippen LogP contribution in [0.2, 0.25) is 0 Å². The quantitative estimate of drug-likeness (QED) is 0.557. The van der Waals surface area contributed by atoms with Crippen molar-refractivity contribution < 1.29 is 23.8 Å². The van der Waals surface area contributed by atoms with Gasteiger partial charge in [-0.2, -0.15) is 0 Å². The second-order valence-corrected chi connectivity index (χ2v) is 6.25. The summed E-state index contributed by atoms with van der Waals surface area (Å²) >= 11 is 12.4. The maximum Gasteiger partial charge on any atom is 0.330 e. The van der Waals surface area contributed by atoms with E-state index in [0.717, 1.165) is 10.6 Å². The molecule has 0 saturated carbocycles. The number of aromatic amines is 1. The molecule has 1 saturated heterocycles. The molecular weight excluding hydrogens is 379 g/mol. The molecule has 1 fully saturated rings. The number of carbonyl (C=O) groups excluding carboxylic acids is 2. The number of carbonyl (C=O) groups is 2. The largest absolute Gasteiger partial charge is 0.463 e. The van der Waals surface area contributed by atoms with E-state index in [1.807, 2.05) is 0 Å². The summed E-state index contributed by atoms with van der Waals surface area (Å²) in [4.78, 5) is 47.9. The Labute approximate surface area is 151 Å². The topological polar surface area (TPSA) is 117 Å². The molecule has 0 aliphatic carbocycles. The minimum atomic E-state index is -1.45. The Hall–Kier alpha value is -1.84. The van der Waals surface area contributed by atoms with Gasteiger partial charge in [-0.15, -0.1) is 23.2 Å². The lowest BCUT2D eigenvalue weighted by molar-refractivity contribution is -0.171. The van der Waals surface area contributed by atoms with E-state index in [9.17, 15) is 19.2 Å². The van der Waals surface area contributed by atoms with E-state index in [1.54, 1.807) is 0 Å². The van der Waals surface area contributed by atoms with Gasteiger partial charge in [-0.1, -0.05) is 0 Å². The fraction of sp³-hybridized carbons (Fsp3) is 0.571. The number of esters is 2. The fourth-order valence-electron chi connectivity index (χ4n) is 2.49. The van der Waals surface area contributed by atoms with Crippen LogP contribution in [0, 0.1) is 0 Å². The van der Waals surface area contributed by atoms with Crippen molar-refractivity contribution in [2.24, 2.45) is 0 Å². The van der Waals surface area contributed by atoms with Crippen LogP contribution in [0.5, 0.6) is 0 Å². The molecule has 2 rings (SSSR count). The number of hydrogen-bond donors (Lipinski definition) is 1. The number of hydrogen-bond acceptors (Lipinski definition) is 7. The Bertz CT molecular complexity index is 777. The number of alkyl halides is 2. The van der Waals surface area contributed by atoms with Crippen molar-refractivity contribution in [3.05, 3.63) is 33.1 Å². The molecule has 1 N–H and O–H groups in total. The van der Waals surface area contributed by atoms with E-state index in [-0.39, 0.29) is 12.5 Å². The molecule has 0 unspecified atom stereocenters. The van der Waals surface area contributed by atoms with Crippen LogP contribution in [0.15, 0.2) is 21.9 Å². The molecule has 2 heterocycles. The molecule has 0 spiro atoms. The van der Waals surface area contributed by atoms with Crippen LogP contribution in [0.4, 0.5) is 0 Å². The van der Waals surface area contributed by atoms with Gasteiger partial charge in [0, 0.05) is 26.1 Å². The van der Waals surface area contributed by atoms with E-state index in [0.29, 0.717) is 0 Å². The van der Waals surface area contributed by atoms with Crippen molar-refractivity contribution in [3.63, 3.8) is 0 Å². The number of rotatable bonds is 5. The Kier molecular flexibility index (Phi) is 5.91. The third-order valence-corrected chi connectivity index (χ3v) is 4.50. The highest BCUT2D eigenvalue weighted by Crippen LogP contribution is 2.42. The molecule has 4 atom stereocenters. The summed E-state index contributed by atoms with van der Waals surface area (Å²) in [5.41, 5.74) is -2.81. The molecule has 138 valence electrons. The molecule has 1 aliphatic heterocycles. The maximum atomic E-state index is 12.0. The number of nitrogens with one attached hydrogen (secondary N) is 1. The first kappa shape index (κ1) is 19.5. The molecule has 11 heteroatoms. The molecule has 25 heavy (non-hydrogen) atoms. The summed E-state index contributed by atoms with van der Waals surface area (Å²) in [5, 5.41) is -1.03. The van der Waals surface area contributed by atoms with Crippen LogP contribution < -0.4 is 11.2 Å². The Morgan fingerprint density at radius 2 is 2.04 bits per heavy atom. The molecule has 9 nitrogen and oxygen atoms in total. The number of ether oxygens (including phenoxy) is 3. The van der Waals surface area contributed by atoms with Gasteiger partial charge >= 0.3 is 17.6 Å². The van der Waals surface area contributed by atoms with Crippen LogP contribution in [0.3, 0.4) is 0 Å². The summed E-state index contributed by atoms with van der Waals surface area (Å²) in [6, 6.07) is 1.11. The van der Waals surface area contributed by atoms with Crippen LogP contribution in [0.1, 0.15) is 20.1 Å². The third-order valence-electron chi connectivity index (χ3n) is 3.60. The van der Waals surface area contributed by atoms with Crippen LogP contribution in [-0.2, 0) is 23.8 Å². The average molecular weight is 395 g/mol. The van der Waals surface area contributed by atoms with Gasteiger partial charge in [-0.05, 0) is 0 Å². The second kappa shape index (κ2) is 7.59. The number of H-pyrrole nitrogens is 1. The summed E-state index contributed by atoms with van der Waals surface area (Å²) in [6.45, 7) is 2.04. The molecule has 0 radical (unpaired) electrons. The molecule has 1 aliphatic rings. The van der Waals surface area contributed by atoms with Crippen molar-refractivity contribution in [1.82, 2.24) is 9.55 Å². The number of halogens is 2. The third kappa shape index (κ3) is 4.05. The standard InChI is InChI=1S/C14H16Cl2N2O7/c1-7(19)23-6-14(5-15)11(24-8(2)20)10(16)12(25-14)18-4-3-9(21)17-13(18)22/h3-4,10-12H,5-6H2,1-2H3,(H,17,21,22)/t10-,11+,12-,14+/m1/s1. The lowest BCUT2D eigenvalue weighted by Crippen LogP contribution is -2.50. The molecule has 0 bridgehead atoms. The van der Waals surface area contributed by atoms with E-state index in [1.165, 1.54) is 20.0 Å². The van der Waals surface area contributed by atoms with E-state index < -0.39 is 46.5 Å². The van der Waals surface area contributed by atoms with Crippen LogP contribution in [0.25, 0.3) is 0 Å². The summed E-state index contributed by atoms with van der Waals surface area (Å²) in [5.74, 6) is -1.47. The van der Waals surface area contributed by atoms with E-state index in [2.05, 4.69) is 4.98 Å². The molecule has 0 aromatic carbocycles. The van der Waals surface area contributed by atoms with Crippen molar-refractivity contribution in [1.29, 1.82) is 0 Å². The molecular formula is C14H16Cl2N2O7. The Morgan fingerprint density at radius 1 is 1.36 bits per heavy atom. The SMILES string of the molecule is CC(=O)OC[C@]1(CCl)O[C@@H](n2ccc(=O)[nH]c2=O)[C@H](Cl)[C@@H]1OC(C)=O. The van der Waals surface area contributed by atoms with Crippen molar-refractivity contribution in [2.75, 3.05) is 12.5 Å². The fourth-order valence-corrected chi connectivity index (χ4v) is 3.23. The highest BCUT2D eigenvalue weighted by atomic mass is 35.5. The lowest BCUT2D eigenvalue weighted by Gasteiger charge is -2.31. The smallest absolute Gasteiger partial charge is 0.330 e. The predicted molar refractivity (Wildman–Crippen MR) is 86.7 cm³/mol. The summed E-state index contributed by atoms with van der Waals surface area (Å²) < 4.78 is 17.0. The summed E-state index contributed by atoms with van der Waals surface area (Å²) in [6.07, 6.45) is -1.00. The van der Waals surface area contributed by atoms with Gasteiger partial charge in [-0.3, -0.25) is 23.9 Å². The Balaban J connectivity index is 2.44.